The minimum absolute atomic E-state index is 0.0349. The van der Waals surface area contributed by atoms with Crippen molar-refractivity contribution in [2.45, 2.75) is 140 Å². The van der Waals surface area contributed by atoms with Crippen LogP contribution in [0, 0.1) is 16.7 Å². The number of Topliss-reactive ketones (excluding diaryl/α,β-unsaturated/α-hetero) is 1. The van der Waals surface area contributed by atoms with Gasteiger partial charge in [-0.05, 0) is 70.4 Å². The third-order valence-corrected chi connectivity index (χ3v) is 13.3. The second-order valence-electron chi connectivity index (χ2n) is 19.0. The number of halogens is 1. The summed E-state index contributed by atoms with van der Waals surface area (Å²) < 4.78 is 41.0. The molecule has 17 nitrogen and oxygen atoms in total. The number of carbonyl (C=O) groups is 6. The van der Waals surface area contributed by atoms with Crippen LogP contribution >= 0.6 is 11.6 Å². The monoisotopic (exact) mass is 927 g/mol. The highest BCUT2D eigenvalue weighted by Gasteiger charge is 2.79. The average molecular weight is 928 g/mol. The molecule has 3 fully saturated rings. The highest BCUT2D eigenvalue weighted by Crippen LogP contribution is 2.64. The third kappa shape index (κ3) is 9.22. The van der Waals surface area contributed by atoms with Crippen molar-refractivity contribution in [3.8, 4) is 0 Å². The Morgan fingerprint density at radius 3 is 2.14 bits per heavy atom. The summed E-state index contributed by atoms with van der Waals surface area (Å²) in [6.07, 6.45) is -13.3. The number of ketones is 1. The fraction of sp³-hybridized carbons (Fsp3) is 0.574. The molecule has 1 heterocycles. The van der Waals surface area contributed by atoms with Gasteiger partial charge in [0, 0.05) is 25.2 Å². The van der Waals surface area contributed by atoms with Crippen LogP contribution in [-0.2, 0) is 47.5 Å². The number of nitrogens with one attached hydrogen (secondary N) is 1. The zero-order chi connectivity index (χ0) is 48.0. The number of benzene rings is 2. The lowest BCUT2D eigenvalue weighted by Gasteiger charge is -2.67. The van der Waals surface area contributed by atoms with Gasteiger partial charge in [0.2, 0.25) is 0 Å². The van der Waals surface area contributed by atoms with Crippen molar-refractivity contribution < 1.29 is 77.2 Å². The van der Waals surface area contributed by atoms with Crippen LogP contribution in [0.3, 0.4) is 0 Å². The molecule has 2 aromatic carbocycles. The number of carbonyl (C=O) groups excluding carboxylic acids is 6. The SMILES string of the molecule is CC(=O)O[C@@]12CO[C@@H]1C[C@H](OC(=O)OCC(C)Cl)[C@@]1(C)C(=O)[C@H](O)C3=C(C)[C@@H](OC(=O)C(O)[C@@H](NC(=O)OC(C)(C)C)c4ccccc4)C[C@@](O)([C@@H](OC(=O)c4ccccc4)C12)C3(C)C. The highest BCUT2D eigenvalue weighted by molar-refractivity contribution is 6.20. The van der Waals surface area contributed by atoms with E-state index in [1.54, 1.807) is 76.2 Å². The minimum atomic E-state index is -2.45. The van der Waals surface area contributed by atoms with Crippen molar-refractivity contribution >= 4 is 47.5 Å². The first kappa shape index (κ1) is 49.4. The fourth-order valence-electron chi connectivity index (χ4n) is 10.0. The number of ether oxygens (including phenoxy) is 7. The van der Waals surface area contributed by atoms with E-state index in [1.165, 1.54) is 39.8 Å². The first-order valence-electron chi connectivity index (χ1n) is 21.4. The van der Waals surface area contributed by atoms with Gasteiger partial charge in [-0.25, -0.2) is 19.2 Å². The average Bonchev–Trinajstić information content (AvgIpc) is 3.22. The van der Waals surface area contributed by atoms with E-state index in [1.807, 2.05) is 0 Å². The Morgan fingerprint density at radius 1 is 0.969 bits per heavy atom. The molecule has 2 saturated carbocycles. The molecule has 3 aliphatic carbocycles. The van der Waals surface area contributed by atoms with E-state index in [0.717, 1.165) is 6.92 Å². The fourth-order valence-corrected chi connectivity index (χ4v) is 10.1. The molecular formula is C47H58ClNO16. The van der Waals surface area contributed by atoms with Crippen LogP contribution in [0.5, 0.6) is 0 Å². The Kier molecular flexibility index (Phi) is 13.9. The van der Waals surface area contributed by atoms with E-state index < -0.39 is 124 Å². The molecule has 3 unspecified atom stereocenters. The van der Waals surface area contributed by atoms with Gasteiger partial charge in [0.1, 0.15) is 48.3 Å². The van der Waals surface area contributed by atoms with Gasteiger partial charge in [-0.3, -0.25) is 9.59 Å². The number of aliphatic hydroxyl groups is 3. The molecule has 2 bridgehead atoms. The molecule has 12 atom stereocenters. The van der Waals surface area contributed by atoms with Crippen molar-refractivity contribution in [1.82, 2.24) is 5.32 Å². The predicted molar refractivity (Wildman–Crippen MR) is 229 cm³/mol. The first-order chi connectivity index (χ1) is 30.3. The summed E-state index contributed by atoms with van der Waals surface area (Å²) in [7, 11) is 0. The summed E-state index contributed by atoms with van der Waals surface area (Å²) in [5.41, 5.74) is -8.77. The summed E-state index contributed by atoms with van der Waals surface area (Å²) in [6, 6.07) is 14.4. The van der Waals surface area contributed by atoms with E-state index in [2.05, 4.69) is 5.32 Å². The molecular weight excluding hydrogens is 870 g/mol. The van der Waals surface area contributed by atoms with Gasteiger partial charge in [0.05, 0.1) is 34.9 Å². The normalized spacial score (nSPS) is 31.7. The van der Waals surface area contributed by atoms with Gasteiger partial charge in [-0.1, -0.05) is 62.4 Å². The van der Waals surface area contributed by atoms with Crippen molar-refractivity contribution in [1.29, 1.82) is 0 Å². The molecule has 1 amide bonds. The van der Waals surface area contributed by atoms with E-state index in [0.29, 0.717) is 5.56 Å². The maximum Gasteiger partial charge on any atom is 0.508 e. The van der Waals surface area contributed by atoms with Gasteiger partial charge in [-0.15, -0.1) is 11.6 Å². The molecule has 0 aromatic heterocycles. The third-order valence-electron chi connectivity index (χ3n) is 13.2. The number of alkyl halides is 1. The standard InChI is InChI=1S/C47H58ClNO16/c1-24(48)22-59-42(57)62-30-20-31-46(23-60-31,64-26(3)50)36-38(63-39(54)28-18-14-11-15-19-28)47(58)21-29(25(2)32(44(47,7)8)34(51)37(53)45(30,36)9)61-40(55)35(52)33(27-16-12-10-13-17-27)49-41(56)65-43(4,5)6/h10-19,24,29-31,33-36,38,51-52,58H,20-23H2,1-9H3,(H,49,56)/t24?,29-,30-,31+,33-,34+,35?,36?,38-,45+,46-,47+/m0/s1. The van der Waals surface area contributed by atoms with Crippen molar-refractivity contribution in [3.63, 3.8) is 0 Å². The van der Waals surface area contributed by atoms with Crippen LogP contribution < -0.4 is 5.32 Å². The first-order valence-corrected chi connectivity index (χ1v) is 21.9. The lowest BCUT2D eigenvalue weighted by atomic mass is 9.44. The van der Waals surface area contributed by atoms with E-state index >= 15 is 4.79 Å². The second-order valence-corrected chi connectivity index (χ2v) is 19.8. The second kappa shape index (κ2) is 18.3. The van der Waals surface area contributed by atoms with Crippen LogP contribution in [0.1, 0.15) is 97.1 Å². The summed E-state index contributed by atoms with van der Waals surface area (Å²) in [5.74, 6) is -5.69. The number of alkyl carbamates (subject to hydrolysis) is 1. The molecule has 4 aliphatic rings. The molecule has 65 heavy (non-hydrogen) atoms. The maximum atomic E-state index is 15.5. The van der Waals surface area contributed by atoms with Crippen LogP contribution in [0.2, 0.25) is 0 Å². The Hall–Kier alpha value is -5.07. The molecule has 354 valence electrons. The molecule has 4 N–H and O–H groups in total. The van der Waals surface area contributed by atoms with Gasteiger partial charge in [0.25, 0.3) is 0 Å². The van der Waals surface area contributed by atoms with Crippen LogP contribution in [0.15, 0.2) is 71.8 Å². The smallest absolute Gasteiger partial charge is 0.456 e. The van der Waals surface area contributed by atoms with Gasteiger partial charge in [-0.2, -0.15) is 0 Å². The Labute approximate surface area is 382 Å². The molecule has 0 radical (unpaired) electrons. The maximum absolute atomic E-state index is 15.5. The number of hydrogen-bond donors (Lipinski definition) is 4. The summed E-state index contributed by atoms with van der Waals surface area (Å²) in [4.78, 5) is 83.6. The largest absolute Gasteiger partial charge is 0.508 e. The van der Waals surface area contributed by atoms with Crippen molar-refractivity contribution in [2.24, 2.45) is 16.7 Å². The van der Waals surface area contributed by atoms with Crippen LogP contribution in [0.25, 0.3) is 0 Å². The minimum Gasteiger partial charge on any atom is -0.456 e. The lowest BCUT2D eigenvalue weighted by Crippen LogP contribution is -2.82. The Bertz CT molecular complexity index is 2190. The quantitative estimate of drug-likeness (QED) is 0.0998. The topological polar surface area (TPSA) is 240 Å². The molecule has 18 heteroatoms. The van der Waals surface area contributed by atoms with E-state index in [9.17, 15) is 39.3 Å². The molecule has 2 aromatic rings. The number of amides is 1. The zero-order valence-electron chi connectivity index (χ0n) is 37.8. The van der Waals surface area contributed by atoms with Gasteiger partial charge in [0.15, 0.2) is 17.5 Å². The Morgan fingerprint density at radius 2 is 1.58 bits per heavy atom. The molecule has 6 rings (SSSR count). The molecule has 1 saturated heterocycles. The van der Waals surface area contributed by atoms with Gasteiger partial charge < -0.3 is 53.8 Å². The summed E-state index contributed by atoms with van der Waals surface area (Å²) >= 11 is 6.04. The van der Waals surface area contributed by atoms with E-state index in [4.69, 9.17) is 44.8 Å². The van der Waals surface area contributed by atoms with Crippen molar-refractivity contribution in [3.05, 3.63) is 82.9 Å². The molecule has 1 aliphatic heterocycles. The van der Waals surface area contributed by atoms with Crippen LogP contribution in [-0.4, -0.2) is 123 Å². The predicted octanol–water partition coefficient (Wildman–Crippen LogP) is 5.05. The number of hydrogen-bond acceptors (Lipinski definition) is 16. The van der Waals surface area contributed by atoms with Crippen LogP contribution in [0.4, 0.5) is 9.59 Å². The summed E-state index contributed by atoms with van der Waals surface area (Å²) in [5, 5.41) is 39.8. The molecule has 0 spiro atoms. The van der Waals surface area contributed by atoms with Crippen molar-refractivity contribution in [2.75, 3.05) is 13.2 Å². The van der Waals surface area contributed by atoms with E-state index in [-0.39, 0.29) is 36.3 Å². The lowest BCUT2D eigenvalue weighted by molar-refractivity contribution is -0.346. The highest BCUT2D eigenvalue weighted by atomic mass is 35.5. The van der Waals surface area contributed by atoms with Gasteiger partial charge >= 0.3 is 30.2 Å². The number of fused-ring (bicyclic) bond motifs is 5. The Balaban J connectivity index is 1.52. The number of rotatable bonds is 11. The summed E-state index contributed by atoms with van der Waals surface area (Å²) in [6.45, 7) is 12.9. The number of aliphatic hydroxyl groups excluding tert-OH is 2. The zero-order valence-corrected chi connectivity index (χ0v) is 38.6. The number of esters is 3.